The normalized spacial score (nSPS) is 13.8. The van der Waals surface area contributed by atoms with Gasteiger partial charge in [0.1, 0.15) is 18.1 Å². The molecule has 2 aromatic carbocycles. The summed E-state index contributed by atoms with van der Waals surface area (Å²) in [5.41, 5.74) is 20.2. The minimum atomic E-state index is -1.51. The van der Waals surface area contributed by atoms with Gasteiger partial charge in [-0.1, -0.05) is 36.4 Å². The third kappa shape index (κ3) is 8.61. The summed E-state index contributed by atoms with van der Waals surface area (Å²) in [5.74, 6) is -3.74. The molecule has 0 aliphatic carbocycles. The van der Waals surface area contributed by atoms with Gasteiger partial charge >= 0.3 is 5.97 Å². The number of aromatic nitrogens is 2. The Morgan fingerprint density at radius 1 is 0.761 bits per heavy atom. The van der Waals surface area contributed by atoms with Crippen LogP contribution >= 0.6 is 0 Å². The second-order valence-corrected chi connectivity index (χ2v) is 10.9. The van der Waals surface area contributed by atoms with Gasteiger partial charge in [0.25, 0.3) is 0 Å². The average molecular weight is 634 g/mol. The first kappa shape index (κ1) is 33.5. The van der Waals surface area contributed by atoms with Gasteiger partial charge in [-0.25, -0.2) is 4.79 Å². The van der Waals surface area contributed by atoms with Crippen molar-refractivity contribution in [1.82, 2.24) is 25.9 Å². The number of aliphatic hydroxyl groups excluding tert-OH is 1. The van der Waals surface area contributed by atoms with E-state index in [-0.39, 0.29) is 38.2 Å². The van der Waals surface area contributed by atoms with Crippen molar-refractivity contribution in [2.45, 2.75) is 49.9 Å². The average Bonchev–Trinajstić information content (AvgIpc) is 3.64. The molecule has 0 aliphatic heterocycles. The van der Waals surface area contributed by atoms with Crippen molar-refractivity contribution in [2.24, 2.45) is 22.2 Å². The highest BCUT2D eigenvalue weighted by molar-refractivity contribution is 5.95. The Balaban J connectivity index is 1.42. The summed E-state index contributed by atoms with van der Waals surface area (Å²) < 4.78 is 0. The maximum Gasteiger partial charge on any atom is 0.326 e. The number of amides is 3. The second kappa shape index (κ2) is 15.5. The van der Waals surface area contributed by atoms with Crippen LogP contribution in [0.2, 0.25) is 0 Å². The van der Waals surface area contributed by atoms with Crippen LogP contribution in [-0.4, -0.2) is 87.2 Å². The lowest BCUT2D eigenvalue weighted by atomic mass is 10.0. The fraction of sp³-hybridized carbons (Fsp3) is 0.323. The van der Waals surface area contributed by atoms with Gasteiger partial charge in [-0.3, -0.25) is 19.4 Å². The Bertz CT molecular complexity index is 1710. The monoisotopic (exact) mass is 633 g/mol. The Kier molecular flexibility index (Phi) is 11.3. The Morgan fingerprint density at radius 2 is 1.28 bits per heavy atom. The molecule has 4 atom stereocenters. The predicted molar refractivity (Wildman–Crippen MR) is 172 cm³/mol. The van der Waals surface area contributed by atoms with Gasteiger partial charge in [0.15, 0.2) is 5.96 Å². The summed E-state index contributed by atoms with van der Waals surface area (Å²) in [6.07, 6.45) is 3.94. The molecule has 3 amide bonds. The minimum Gasteiger partial charge on any atom is -0.480 e. The Hall–Kier alpha value is -5.41. The summed E-state index contributed by atoms with van der Waals surface area (Å²) in [6, 6.07) is 9.84. The number of aliphatic carboxylic acids is 1. The molecule has 4 unspecified atom stereocenters. The van der Waals surface area contributed by atoms with E-state index in [1.807, 2.05) is 48.5 Å². The first-order valence-electron chi connectivity index (χ1n) is 14.7. The van der Waals surface area contributed by atoms with Crippen LogP contribution < -0.4 is 33.2 Å². The molecular weight excluding hydrogens is 594 g/mol. The SMILES string of the molecule is NC(N)=NCCCC(NC(=O)C(N)Cc1c[nH]c2ccccc12)C(=O)NC(CO)C(=O)NC(Cc1c[nH]c2ccccc12)C(=O)O. The van der Waals surface area contributed by atoms with E-state index in [1.54, 1.807) is 12.4 Å². The number of nitrogens with two attached hydrogens (primary N) is 3. The molecule has 2 aromatic heterocycles. The number of H-pyrrole nitrogens is 2. The fourth-order valence-corrected chi connectivity index (χ4v) is 5.14. The van der Waals surface area contributed by atoms with Gasteiger partial charge in [-0.05, 0) is 42.5 Å². The molecule has 0 aliphatic rings. The van der Waals surface area contributed by atoms with Crippen LogP contribution in [0, 0.1) is 0 Å². The number of carbonyl (C=O) groups excluding carboxylic acids is 3. The maximum atomic E-state index is 13.3. The maximum absolute atomic E-state index is 13.3. The molecule has 0 fully saturated rings. The molecule has 0 saturated carbocycles. The lowest BCUT2D eigenvalue weighted by molar-refractivity contribution is -0.142. The van der Waals surface area contributed by atoms with Gasteiger partial charge in [0, 0.05) is 47.2 Å². The van der Waals surface area contributed by atoms with E-state index < -0.39 is 54.5 Å². The van der Waals surface area contributed by atoms with Crippen LogP contribution in [0.25, 0.3) is 21.8 Å². The Labute approximate surface area is 264 Å². The van der Waals surface area contributed by atoms with Crippen LogP contribution in [0.15, 0.2) is 65.9 Å². The summed E-state index contributed by atoms with van der Waals surface area (Å²) in [5, 5.41) is 28.9. The van der Waals surface area contributed by atoms with Gasteiger partial charge in [0.05, 0.1) is 12.6 Å². The summed E-state index contributed by atoms with van der Waals surface area (Å²) in [7, 11) is 0. The summed E-state index contributed by atoms with van der Waals surface area (Å²) in [4.78, 5) is 61.7. The summed E-state index contributed by atoms with van der Waals surface area (Å²) in [6.45, 7) is -0.660. The highest BCUT2D eigenvalue weighted by Gasteiger charge is 2.30. The third-order valence-electron chi connectivity index (χ3n) is 7.56. The van der Waals surface area contributed by atoms with Gasteiger partial charge in [-0.15, -0.1) is 0 Å². The number of nitrogens with zero attached hydrogens (tertiary/aromatic N) is 1. The van der Waals surface area contributed by atoms with Crippen molar-refractivity contribution in [3.63, 3.8) is 0 Å². The zero-order valence-electron chi connectivity index (χ0n) is 25.0. The van der Waals surface area contributed by atoms with Crippen molar-refractivity contribution in [3.05, 3.63) is 72.1 Å². The number of carboxylic acid groups (broad SMARTS) is 1. The van der Waals surface area contributed by atoms with E-state index in [2.05, 4.69) is 30.9 Å². The van der Waals surface area contributed by atoms with Gasteiger partial charge < -0.3 is 53.3 Å². The van der Waals surface area contributed by atoms with E-state index in [0.29, 0.717) is 5.56 Å². The number of fused-ring (bicyclic) bond motifs is 2. The number of para-hydroxylation sites is 2. The van der Waals surface area contributed by atoms with Crippen LogP contribution in [0.3, 0.4) is 0 Å². The minimum absolute atomic E-state index is 0.0467. The molecule has 0 spiro atoms. The van der Waals surface area contributed by atoms with Crippen LogP contribution in [0.5, 0.6) is 0 Å². The van der Waals surface area contributed by atoms with E-state index in [1.165, 1.54) is 0 Å². The number of aliphatic hydroxyl groups is 1. The number of aliphatic imine (C=N–C) groups is 1. The van der Waals surface area contributed by atoms with Crippen LogP contribution in [0.4, 0.5) is 0 Å². The molecule has 46 heavy (non-hydrogen) atoms. The standard InChI is InChI=1S/C31H39N9O6/c32-21(12-17-14-36-22-8-3-1-6-19(17)22)27(42)38-24(10-5-11-35-31(33)34)28(43)40-26(16-41)29(44)39-25(30(45)46)13-18-15-37-23-9-4-2-7-20(18)23/h1-4,6-9,14-15,21,24-26,36-37,41H,5,10-13,16,32H2,(H,38,42)(H,39,44)(H,40,43)(H,45,46)(H4,33,34,35). The molecule has 15 nitrogen and oxygen atoms in total. The molecule has 0 saturated heterocycles. The molecular formula is C31H39N9O6. The molecule has 13 N–H and O–H groups in total. The number of guanidine groups is 1. The van der Waals surface area contributed by atoms with Crippen LogP contribution in [0.1, 0.15) is 24.0 Å². The number of aromatic amines is 2. The van der Waals surface area contributed by atoms with E-state index in [4.69, 9.17) is 17.2 Å². The summed E-state index contributed by atoms with van der Waals surface area (Å²) >= 11 is 0. The van der Waals surface area contributed by atoms with Crippen molar-refractivity contribution < 1.29 is 29.4 Å². The molecule has 244 valence electrons. The number of hydrogen-bond donors (Lipinski definition) is 10. The van der Waals surface area contributed by atoms with Crippen molar-refractivity contribution in [3.8, 4) is 0 Å². The first-order chi connectivity index (χ1) is 22.1. The largest absolute Gasteiger partial charge is 0.480 e. The van der Waals surface area contributed by atoms with Crippen LogP contribution in [-0.2, 0) is 32.0 Å². The third-order valence-corrected chi connectivity index (χ3v) is 7.56. The smallest absolute Gasteiger partial charge is 0.326 e. The van der Waals surface area contributed by atoms with Crippen molar-refractivity contribution in [2.75, 3.05) is 13.2 Å². The topological polar surface area (TPSA) is 267 Å². The fourth-order valence-electron chi connectivity index (χ4n) is 5.14. The molecule has 4 aromatic rings. The number of hydrogen-bond acceptors (Lipinski definition) is 7. The lowest BCUT2D eigenvalue weighted by Crippen LogP contribution is -2.58. The first-order valence-corrected chi connectivity index (χ1v) is 14.7. The second-order valence-electron chi connectivity index (χ2n) is 10.9. The zero-order chi connectivity index (χ0) is 33.2. The molecule has 0 radical (unpaired) electrons. The van der Waals surface area contributed by atoms with Crippen molar-refractivity contribution >= 4 is 51.5 Å². The highest BCUT2D eigenvalue weighted by atomic mass is 16.4. The van der Waals surface area contributed by atoms with Crippen molar-refractivity contribution in [1.29, 1.82) is 0 Å². The number of rotatable bonds is 16. The van der Waals surface area contributed by atoms with E-state index >= 15 is 0 Å². The molecule has 0 bridgehead atoms. The lowest BCUT2D eigenvalue weighted by Gasteiger charge is -2.24. The number of nitrogens with one attached hydrogen (secondary N) is 5. The van der Waals surface area contributed by atoms with Gasteiger partial charge in [0.2, 0.25) is 17.7 Å². The molecule has 4 rings (SSSR count). The zero-order valence-corrected chi connectivity index (χ0v) is 25.0. The highest BCUT2D eigenvalue weighted by Crippen LogP contribution is 2.20. The molecule has 2 heterocycles. The number of carbonyl (C=O) groups is 4. The van der Waals surface area contributed by atoms with Gasteiger partial charge in [-0.2, -0.15) is 0 Å². The van der Waals surface area contributed by atoms with E-state index in [9.17, 15) is 29.4 Å². The van der Waals surface area contributed by atoms with E-state index in [0.717, 1.165) is 27.4 Å². The number of carboxylic acids is 1. The Morgan fingerprint density at radius 3 is 1.85 bits per heavy atom. The molecule has 15 heteroatoms. The quantitative estimate of drug-likeness (QED) is 0.0426. The number of benzene rings is 2. The predicted octanol–water partition coefficient (Wildman–Crippen LogP) is -0.653.